The second-order valence-electron chi connectivity index (χ2n) is 9.29. The number of carbonyl (C=O) groups excluding carboxylic acids is 1. The summed E-state index contributed by atoms with van der Waals surface area (Å²) >= 11 is 0. The normalized spacial score (nSPS) is 17.9. The minimum atomic E-state index is -2.95. The first kappa shape index (κ1) is 25.1. The molecule has 2 aliphatic rings. The van der Waals surface area contributed by atoms with E-state index in [4.69, 9.17) is 24.2 Å². The third kappa shape index (κ3) is 4.88. The van der Waals surface area contributed by atoms with E-state index in [9.17, 15) is 13.6 Å². The Kier molecular flexibility index (Phi) is 6.82. The van der Waals surface area contributed by atoms with Crippen molar-refractivity contribution in [1.82, 2.24) is 19.5 Å². The van der Waals surface area contributed by atoms with Gasteiger partial charge in [0.15, 0.2) is 11.6 Å². The fourth-order valence-electron chi connectivity index (χ4n) is 4.55. The van der Waals surface area contributed by atoms with Crippen LogP contribution in [0.1, 0.15) is 26.1 Å². The molecule has 11 nitrogen and oxygen atoms in total. The molecule has 2 fully saturated rings. The summed E-state index contributed by atoms with van der Waals surface area (Å²) in [4.78, 5) is 29.4. The second kappa shape index (κ2) is 10.1. The number of rotatable bonds is 5. The number of ether oxygens (including phenoxy) is 4. The zero-order valence-corrected chi connectivity index (χ0v) is 20.8. The molecule has 198 valence electrons. The first-order valence-electron chi connectivity index (χ1n) is 11.9. The van der Waals surface area contributed by atoms with E-state index in [1.54, 1.807) is 12.1 Å². The van der Waals surface area contributed by atoms with Crippen LogP contribution in [0.3, 0.4) is 0 Å². The van der Waals surface area contributed by atoms with Crippen LogP contribution in [-0.2, 0) is 14.2 Å². The highest BCUT2D eigenvalue weighted by Gasteiger charge is 2.33. The maximum atomic E-state index is 14.3. The Balaban J connectivity index is 1.71. The molecule has 37 heavy (non-hydrogen) atoms. The van der Waals surface area contributed by atoms with Crippen molar-refractivity contribution in [2.45, 2.75) is 25.8 Å². The maximum Gasteiger partial charge on any atom is 0.513 e. The number of benzene rings is 1. The number of aromatic nitrogens is 4. The van der Waals surface area contributed by atoms with Crippen molar-refractivity contribution in [2.75, 3.05) is 63.0 Å². The van der Waals surface area contributed by atoms with Crippen LogP contribution in [0, 0.1) is 0 Å². The molecule has 0 bridgehead atoms. The van der Waals surface area contributed by atoms with Crippen molar-refractivity contribution in [3.8, 4) is 11.7 Å². The molecular formula is C24H28F2N6O5. The summed E-state index contributed by atoms with van der Waals surface area (Å²) in [6.07, 6.45) is -3.93. The van der Waals surface area contributed by atoms with E-state index in [-0.39, 0.29) is 28.3 Å². The average Bonchev–Trinajstić information content (AvgIpc) is 3.30. The number of fused-ring (bicyclic) bond motifs is 1. The number of hydrogen-bond donors (Lipinski definition) is 0. The Morgan fingerprint density at radius 3 is 2.49 bits per heavy atom. The Labute approximate surface area is 211 Å². The van der Waals surface area contributed by atoms with Crippen LogP contribution >= 0.6 is 0 Å². The quantitative estimate of drug-likeness (QED) is 0.369. The standard InChI is InChI=1S/C24H28F2N6O5/c1-24(2)14-36-12-9-31(24)18-13-17(30-7-10-35-11-8-30)27-22(28-18)32-15-5-4-6-16(37-23(33)34-3)19(15)29-21(32)20(25)26/h4-6,13,20H,7-12,14H2,1-3H3. The van der Waals surface area contributed by atoms with E-state index in [0.29, 0.717) is 57.7 Å². The number of carbonyl (C=O) groups is 1. The van der Waals surface area contributed by atoms with E-state index in [0.717, 1.165) is 7.11 Å². The molecule has 0 aliphatic carbocycles. The fourth-order valence-corrected chi connectivity index (χ4v) is 4.55. The van der Waals surface area contributed by atoms with Gasteiger partial charge in [0.2, 0.25) is 5.95 Å². The molecule has 4 heterocycles. The topological polar surface area (TPSA) is 104 Å². The van der Waals surface area contributed by atoms with Gasteiger partial charge in [0.05, 0.1) is 44.6 Å². The molecule has 0 saturated carbocycles. The summed E-state index contributed by atoms with van der Waals surface area (Å²) in [6.45, 7) is 7.92. The highest BCUT2D eigenvalue weighted by atomic mass is 19.3. The number of halogens is 2. The number of nitrogens with zero attached hydrogens (tertiary/aromatic N) is 6. The lowest BCUT2D eigenvalue weighted by atomic mass is 10.0. The van der Waals surface area contributed by atoms with Gasteiger partial charge in [-0.25, -0.2) is 18.6 Å². The predicted octanol–water partition coefficient (Wildman–Crippen LogP) is 3.35. The van der Waals surface area contributed by atoms with E-state index in [1.165, 1.54) is 10.6 Å². The molecule has 0 atom stereocenters. The number of alkyl halides is 2. The van der Waals surface area contributed by atoms with Gasteiger partial charge in [0, 0.05) is 25.7 Å². The smallest absolute Gasteiger partial charge is 0.437 e. The molecule has 2 saturated heterocycles. The van der Waals surface area contributed by atoms with Gasteiger partial charge in [-0.05, 0) is 26.0 Å². The predicted molar refractivity (Wildman–Crippen MR) is 130 cm³/mol. The summed E-state index contributed by atoms with van der Waals surface area (Å²) in [6, 6.07) is 6.50. The number of morpholine rings is 2. The molecule has 13 heteroatoms. The third-order valence-electron chi connectivity index (χ3n) is 6.37. The van der Waals surface area contributed by atoms with Crippen molar-refractivity contribution in [1.29, 1.82) is 0 Å². The fraction of sp³-hybridized carbons (Fsp3) is 0.500. The largest absolute Gasteiger partial charge is 0.513 e. The highest BCUT2D eigenvalue weighted by Crippen LogP contribution is 2.34. The van der Waals surface area contributed by atoms with E-state index >= 15 is 0 Å². The van der Waals surface area contributed by atoms with Crippen molar-refractivity contribution >= 4 is 28.8 Å². The first-order chi connectivity index (χ1) is 17.8. The first-order valence-corrected chi connectivity index (χ1v) is 11.9. The Hall–Kier alpha value is -3.58. The van der Waals surface area contributed by atoms with Gasteiger partial charge >= 0.3 is 6.16 Å². The van der Waals surface area contributed by atoms with Crippen LogP contribution in [0.15, 0.2) is 24.3 Å². The molecule has 2 aliphatic heterocycles. The third-order valence-corrected chi connectivity index (χ3v) is 6.37. The average molecular weight is 519 g/mol. The van der Waals surface area contributed by atoms with Crippen LogP contribution in [0.2, 0.25) is 0 Å². The van der Waals surface area contributed by atoms with E-state index < -0.39 is 18.4 Å². The summed E-state index contributed by atoms with van der Waals surface area (Å²) in [7, 11) is 1.16. The zero-order chi connectivity index (χ0) is 26.2. The lowest BCUT2D eigenvalue weighted by Gasteiger charge is -2.43. The molecule has 2 aromatic heterocycles. The van der Waals surface area contributed by atoms with Gasteiger partial charge in [-0.3, -0.25) is 4.57 Å². The number of para-hydroxylation sites is 1. The molecular weight excluding hydrogens is 490 g/mol. The van der Waals surface area contributed by atoms with Crippen molar-refractivity contribution in [3.63, 3.8) is 0 Å². The van der Waals surface area contributed by atoms with Gasteiger partial charge in [-0.2, -0.15) is 9.97 Å². The minimum absolute atomic E-state index is 0.0103. The van der Waals surface area contributed by atoms with Crippen LogP contribution in [0.25, 0.3) is 17.0 Å². The van der Waals surface area contributed by atoms with Crippen molar-refractivity contribution in [3.05, 3.63) is 30.1 Å². The molecule has 0 N–H and O–H groups in total. The second-order valence-corrected chi connectivity index (χ2v) is 9.29. The Morgan fingerprint density at radius 1 is 1.05 bits per heavy atom. The molecule has 5 rings (SSSR count). The molecule has 0 amide bonds. The van der Waals surface area contributed by atoms with Crippen molar-refractivity contribution in [2.24, 2.45) is 0 Å². The van der Waals surface area contributed by atoms with Gasteiger partial charge in [-0.15, -0.1) is 0 Å². The van der Waals surface area contributed by atoms with E-state index in [2.05, 4.69) is 14.6 Å². The number of hydrogen-bond acceptors (Lipinski definition) is 10. The summed E-state index contributed by atoms with van der Waals surface area (Å²) in [5, 5.41) is 0. The zero-order valence-electron chi connectivity index (χ0n) is 20.8. The minimum Gasteiger partial charge on any atom is -0.437 e. The van der Waals surface area contributed by atoms with E-state index in [1.807, 2.05) is 24.8 Å². The summed E-state index contributed by atoms with van der Waals surface area (Å²) in [5.41, 5.74) is -0.0456. The number of imidazole rings is 1. The lowest BCUT2D eigenvalue weighted by molar-refractivity contribution is 0.0639. The SMILES string of the molecule is COC(=O)Oc1cccc2c1nc(C(F)F)n2-c1nc(N2CCOCC2)cc(N2CCOCC2(C)C)n1. The molecule has 0 radical (unpaired) electrons. The molecule has 0 unspecified atom stereocenters. The maximum absolute atomic E-state index is 14.3. The number of anilines is 2. The van der Waals surface area contributed by atoms with Crippen LogP contribution < -0.4 is 14.5 Å². The van der Waals surface area contributed by atoms with Gasteiger partial charge < -0.3 is 28.7 Å². The molecule has 0 spiro atoms. The van der Waals surface area contributed by atoms with Crippen LogP contribution in [-0.4, -0.2) is 84.4 Å². The Morgan fingerprint density at radius 2 is 1.78 bits per heavy atom. The monoisotopic (exact) mass is 518 g/mol. The van der Waals surface area contributed by atoms with Gasteiger partial charge in [0.1, 0.15) is 17.2 Å². The lowest BCUT2D eigenvalue weighted by Crippen LogP contribution is -2.53. The molecule has 1 aromatic carbocycles. The summed E-state index contributed by atoms with van der Waals surface area (Å²) < 4.78 is 50.7. The van der Waals surface area contributed by atoms with Crippen LogP contribution in [0.4, 0.5) is 25.2 Å². The highest BCUT2D eigenvalue weighted by molar-refractivity contribution is 5.86. The van der Waals surface area contributed by atoms with Gasteiger partial charge in [0.25, 0.3) is 6.43 Å². The van der Waals surface area contributed by atoms with Crippen molar-refractivity contribution < 1.29 is 32.5 Å². The van der Waals surface area contributed by atoms with Gasteiger partial charge in [-0.1, -0.05) is 6.07 Å². The summed E-state index contributed by atoms with van der Waals surface area (Å²) in [5.74, 6) is 0.638. The number of methoxy groups -OCH3 is 1. The Bertz CT molecular complexity index is 1290. The molecule has 3 aromatic rings. The van der Waals surface area contributed by atoms with Crippen LogP contribution in [0.5, 0.6) is 5.75 Å².